The van der Waals surface area contributed by atoms with Crippen molar-refractivity contribution in [2.24, 2.45) is 5.92 Å². The van der Waals surface area contributed by atoms with Crippen molar-refractivity contribution in [3.63, 3.8) is 0 Å². The summed E-state index contributed by atoms with van der Waals surface area (Å²) in [6, 6.07) is 7.57. The molecule has 0 aliphatic heterocycles. The molecule has 1 aliphatic carbocycles. The quantitative estimate of drug-likeness (QED) is 0.783. The van der Waals surface area contributed by atoms with Crippen molar-refractivity contribution in [1.82, 2.24) is 0 Å². The molecule has 0 radical (unpaired) electrons. The maximum Gasteiger partial charge on any atom is 0.488 e. The third-order valence-corrected chi connectivity index (χ3v) is 4.64. The van der Waals surface area contributed by atoms with Gasteiger partial charge in [0.15, 0.2) is 0 Å². The van der Waals surface area contributed by atoms with Gasteiger partial charge in [-0.05, 0) is 35.5 Å². The van der Waals surface area contributed by atoms with E-state index in [1.807, 2.05) is 30.0 Å². The first-order valence-corrected chi connectivity index (χ1v) is 7.44. The first-order valence-electron chi connectivity index (χ1n) is 6.29. The molecule has 0 unspecified atom stereocenters. The molecular formula is C13H19BO2S. The van der Waals surface area contributed by atoms with Gasteiger partial charge in [0.2, 0.25) is 0 Å². The molecule has 1 saturated carbocycles. The van der Waals surface area contributed by atoms with Crippen molar-refractivity contribution in [1.29, 1.82) is 0 Å². The minimum Gasteiger partial charge on any atom is -0.423 e. The number of rotatable bonds is 5. The van der Waals surface area contributed by atoms with Crippen LogP contribution in [0.15, 0.2) is 24.3 Å². The van der Waals surface area contributed by atoms with Crippen molar-refractivity contribution in [3.8, 4) is 0 Å². The Hall–Kier alpha value is -0.445. The van der Waals surface area contributed by atoms with E-state index in [-0.39, 0.29) is 0 Å². The molecule has 1 aromatic carbocycles. The van der Waals surface area contributed by atoms with E-state index in [1.54, 1.807) is 6.07 Å². The summed E-state index contributed by atoms with van der Waals surface area (Å²) in [5.74, 6) is 2.96. The van der Waals surface area contributed by atoms with Crippen LogP contribution in [0, 0.1) is 5.92 Å². The molecule has 0 spiro atoms. The van der Waals surface area contributed by atoms with Crippen molar-refractivity contribution >= 4 is 24.3 Å². The van der Waals surface area contributed by atoms with Crippen LogP contribution in [0.2, 0.25) is 0 Å². The Kier molecular flexibility index (Phi) is 4.95. The monoisotopic (exact) mass is 250 g/mol. The van der Waals surface area contributed by atoms with Crippen LogP contribution in [0.25, 0.3) is 0 Å². The summed E-state index contributed by atoms with van der Waals surface area (Å²) in [6.45, 7) is 0. The van der Waals surface area contributed by atoms with Crippen LogP contribution in [0.3, 0.4) is 0 Å². The maximum absolute atomic E-state index is 9.26. The molecular weight excluding hydrogens is 231 g/mol. The van der Waals surface area contributed by atoms with Gasteiger partial charge in [-0.1, -0.05) is 37.1 Å². The summed E-state index contributed by atoms with van der Waals surface area (Å²) in [5.41, 5.74) is 1.69. The van der Waals surface area contributed by atoms with Gasteiger partial charge in [0.05, 0.1) is 0 Å². The normalized spacial score (nSPS) is 16.4. The van der Waals surface area contributed by atoms with Gasteiger partial charge in [0.25, 0.3) is 0 Å². The number of benzene rings is 1. The predicted molar refractivity (Wildman–Crippen MR) is 74.4 cm³/mol. The van der Waals surface area contributed by atoms with Gasteiger partial charge < -0.3 is 10.0 Å². The first-order chi connectivity index (χ1) is 8.27. The first kappa shape index (κ1) is 13.0. The van der Waals surface area contributed by atoms with E-state index >= 15 is 0 Å². The summed E-state index contributed by atoms with van der Waals surface area (Å²) in [5, 5.41) is 18.5. The van der Waals surface area contributed by atoms with Gasteiger partial charge in [0.1, 0.15) is 0 Å². The second-order valence-electron chi connectivity index (χ2n) is 4.74. The predicted octanol–water partition coefficient (Wildman–Crippen LogP) is 1.79. The third-order valence-electron chi connectivity index (χ3n) is 3.42. The second-order valence-corrected chi connectivity index (χ2v) is 5.77. The highest BCUT2D eigenvalue weighted by Crippen LogP contribution is 2.28. The zero-order valence-electron chi connectivity index (χ0n) is 10.0. The Morgan fingerprint density at radius 1 is 1.18 bits per heavy atom. The molecule has 0 saturated heterocycles. The molecule has 0 atom stereocenters. The van der Waals surface area contributed by atoms with Gasteiger partial charge in [0, 0.05) is 5.75 Å². The zero-order chi connectivity index (χ0) is 12.1. The van der Waals surface area contributed by atoms with Crippen LogP contribution >= 0.6 is 11.8 Å². The SMILES string of the molecule is OB(O)c1ccccc1CSCC1CCCC1. The number of hydrogen-bond acceptors (Lipinski definition) is 3. The third kappa shape index (κ3) is 3.76. The van der Waals surface area contributed by atoms with Gasteiger partial charge in [-0.25, -0.2) is 0 Å². The van der Waals surface area contributed by atoms with E-state index in [9.17, 15) is 10.0 Å². The van der Waals surface area contributed by atoms with E-state index < -0.39 is 7.12 Å². The minimum atomic E-state index is -1.35. The fraction of sp³-hybridized carbons (Fsp3) is 0.538. The molecule has 0 aromatic heterocycles. The van der Waals surface area contributed by atoms with E-state index in [4.69, 9.17) is 0 Å². The lowest BCUT2D eigenvalue weighted by molar-refractivity contribution is 0.425. The Balaban J connectivity index is 1.85. The fourth-order valence-corrected chi connectivity index (χ4v) is 3.70. The van der Waals surface area contributed by atoms with Crippen LogP contribution in [0.5, 0.6) is 0 Å². The zero-order valence-corrected chi connectivity index (χ0v) is 10.8. The molecule has 2 rings (SSSR count). The molecule has 4 heteroatoms. The number of thioether (sulfide) groups is 1. The Morgan fingerprint density at radius 3 is 2.59 bits per heavy atom. The molecule has 1 aromatic rings. The summed E-state index contributed by atoms with van der Waals surface area (Å²) in [6.07, 6.45) is 5.52. The summed E-state index contributed by atoms with van der Waals surface area (Å²) in [7, 11) is -1.35. The van der Waals surface area contributed by atoms with Crippen LogP contribution < -0.4 is 5.46 Å². The molecule has 0 amide bonds. The van der Waals surface area contributed by atoms with Gasteiger partial charge in [-0.2, -0.15) is 11.8 Å². The Labute approximate surface area is 108 Å². The topological polar surface area (TPSA) is 40.5 Å². The maximum atomic E-state index is 9.26. The molecule has 2 N–H and O–H groups in total. The highest BCUT2D eigenvalue weighted by Gasteiger charge is 2.17. The van der Waals surface area contributed by atoms with E-state index in [0.717, 1.165) is 17.2 Å². The lowest BCUT2D eigenvalue weighted by Gasteiger charge is -2.11. The van der Waals surface area contributed by atoms with Crippen LogP contribution in [0.1, 0.15) is 31.2 Å². The largest absolute Gasteiger partial charge is 0.488 e. The highest BCUT2D eigenvalue weighted by molar-refractivity contribution is 7.98. The smallest absolute Gasteiger partial charge is 0.423 e. The van der Waals surface area contributed by atoms with Gasteiger partial charge in [-0.3, -0.25) is 0 Å². The molecule has 0 bridgehead atoms. The van der Waals surface area contributed by atoms with E-state index in [2.05, 4.69) is 0 Å². The highest BCUT2D eigenvalue weighted by atomic mass is 32.2. The van der Waals surface area contributed by atoms with Crippen molar-refractivity contribution in [2.75, 3.05) is 5.75 Å². The molecule has 92 valence electrons. The van der Waals surface area contributed by atoms with Crippen LogP contribution in [0.4, 0.5) is 0 Å². The van der Waals surface area contributed by atoms with Crippen LogP contribution in [-0.2, 0) is 5.75 Å². The van der Waals surface area contributed by atoms with Crippen molar-refractivity contribution in [2.45, 2.75) is 31.4 Å². The molecule has 1 aliphatic rings. The van der Waals surface area contributed by atoms with E-state index in [0.29, 0.717) is 5.46 Å². The lowest BCUT2D eigenvalue weighted by atomic mass is 9.77. The van der Waals surface area contributed by atoms with Gasteiger partial charge >= 0.3 is 7.12 Å². The summed E-state index contributed by atoms with van der Waals surface area (Å²) in [4.78, 5) is 0. The standard InChI is InChI=1S/C13H19BO2S/c15-14(16)13-8-4-3-7-12(13)10-17-9-11-5-1-2-6-11/h3-4,7-8,11,15-16H,1-2,5-6,9-10H2. The van der Waals surface area contributed by atoms with E-state index in [1.165, 1.54) is 31.4 Å². The summed E-state index contributed by atoms with van der Waals surface area (Å²) >= 11 is 1.91. The molecule has 2 nitrogen and oxygen atoms in total. The average Bonchev–Trinajstić information content (AvgIpc) is 2.82. The average molecular weight is 250 g/mol. The molecule has 0 heterocycles. The Bertz CT molecular complexity index is 351. The van der Waals surface area contributed by atoms with Crippen LogP contribution in [-0.4, -0.2) is 22.9 Å². The molecule has 1 fully saturated rings. The Morgan fingerprint density at radius 2 is 1.88 bits per heavy atom. The number of hydrogen-bond donors (Lipinski definition) is 2. The van der Waals surface area contributed by atoms with Gasteiger partial charge in [-0.15, -0.1) is 0 Å². The van der Waals surface area contributed by atoms with Crippen molar-refractivity contribution in [3.05, 3.63) is 29.8 Å². The minimum absolute atomic E-state index is 0.645. The fourth-order valence-electron chi connectivity index (χ4n) is 2.43. The summed E-state index contributed by atoms with van der Waals surface area (Å²) < 4.78 is 0. The van der Waals surface area contributed by atoms with Crippen molar-refractivity contribution < 1.29 is 10.0 Å². The second kappa shape index (κ2) is 6.48. The lowest BCUT2D eigenvalue weighted by Crippen LogP contribution is -2.32. The molecule has 17 heavy (non-hydrogen) atoms.